The number of hydrogen-bond acceptors (Lipinski definition) is 5. The van der Waals surface area contributed by atoms with Crippen molar-refractivity contribution in [3.05, 3.63) is 33.7 Å². The van der Waals surface area contributed by atoms with Crippen molar-refractivity contribution in [2.75, 3.05) is 13.1 Å². The van der Waals surface area contributed by atoms with E-state index < -0.39 is 0 Å². The van der Waals surface area contributed by atoms with Crippen LogP contribution in [0.4, 0.5) is 0 Å². The van der Waals surface area contributed by atoms with Crippen molar-refractivity contribution in [2.24, 2.45) is 7.05 Å². The zero-order valence-corrected chi connectivity index (χ0v) is 12.0. The standard InChI is InChI=1S/C13H18N4OS/c1-3-6-14-7-4-11-15-16-13(19-11)10-5-8-17(2)12(18)9-10/h5,8-9,14H,3-4,6-7H2,1-2H3. The molecular formula is C13H18N4OS. The largest absolute Gasteiger partial charge is 0.319 e. The summed E-state index contributed by atoms with van der Waals surface area (Å²) < 4.78 is 1.54. The first kappa shape index (κ1) is 13.9. The Hall–Kier alpha value is -1.53. The highest BCUT2D eigenvalue weighted by molar-refractivity contribution is 7.14. The summed E-state index contributed by atoms with van der Waals surface area (Å²) in [5.74, 6) is 0. The predicted molar refractivity (Wildman–Crippen MR) is 77.5 cm³/mol. The van der Waals surface area contributed by atoms with E-state index in [1.807, 2.05) is 6.07 Å². The second-order valence-electron chi connectivity index (χ2n) is 4.37. The van der Waals surface area contributed by atoms with Gasteiger partial charge in [-0.15, -0.1) is 10.2 Å². The Kier molecular flexibility index (Phi) is 4.81. The molecule has 0 amide bonds. The van der Waals surface area contributed by atoms with Crippen LogP contribution in [0.15, 0.2) is 23.1 Å². The summed E-state index contributed by atoms with van der Waals surface area (Å²) in [6.07, 6.45) is 3.76. The molecule has 0 aliphatic rings. The lowest BCUT2D eigenvalue weighted by molar-refractivity contribution is 0.668. The topological polar surface area (TPSA) is 59.8 Å². The number of aryl methyl sites for hydroxylation is 1. The summed E-state index contributed by atoms with van der Waals surface area (Å²) in [7, 11) is 1.73. The van der Waals surface area contributed by atoms with Crippen LogP contribution in [0.1, 0.15) is 18.4 Å². The van der Waals surface area contributed by atoms with Crippen molar-refractivity contribution in [3.63, 3.8) is 0 Å². The van der Waals surface area contributed by atoms with E-state index in [1.165, 1.54) is 0 Å². The molecule has 2 rings (SSSR count). The first-order valence-corrected chi connectivity index (χ1v) is 7.22. The summed E-state index contributed by atoms with van der Waals surface area (Å²) in [6, 6.07) is 3.49. The Bertz CT molecular complexity index is 590. The Morgan fingerprint density at radius 3 is 2.95 bits per heavy atom. The molecule has 0 bridgehead atoms. The second kappa shape index (κ2) is 6.58. The van der Waals surface area contributed by atoms with Gasteiger partial charge in [0.15, 0.2) is 0 Å². The number of nitrogens with zero attached hydrogens (tertiary/aromatic N) is 3. The minimum absolute atomic E-state index is 0.0288. The quantitative estimate of drug-likeness (QED) is 0.812. The fourth-order valence-electron chi connectivity index (χ4n) is 1.65. The third-order valence-corrected chi connectivity index (χ3v) is 3.79. The summed E-state index contributed by atoms with van der Waals surface area (Å²) in [5.41, 5.74) is 0.812. The number of aromatic nitrogens is 3. The van der Waals surface area contributed by atoms with Crippen LogP contribution in [-0.2, 0) is 13.5 Å². The van der Waals surface area contributed by atoms with Gasteiger partial charge in [0, 0.05) is 37.8 Å². The average molecular weight is 278 g/mol. The van der Waals surface area contributed by atoms with E-state index in [1.54, 1.807) is 35.2 Å². The number of hydrogen-bond donors (Lipinski definition) is 1. The molecule has 2 heterocycles. The molecule has 0 aromatic carbocycles. The van der Waals surface area contributed by atoms with E-state index >= 15 is 0 Å². The molecule has 0 spiro atoms. The SMILES string of the molecule is CCCNCCc1nnc(-c2ccn(C)c(=O)c2)s1. The van der Waals surface area contributed by atoms with E-state index in [9.17, 15) is 4.79 Å². The Morgan fingerprint density at radius 1 is 1.37 bits per heavy atom. The monoisotopic (exact) mass is 278 g/mol. The average Bonchev–Trinajstić information content (AvgIpc) is 2.87. The van der Waals surface area contributed by atoms with Crippen molar-refractivity contribution >= 4 is 11.3 Å². The molecule has 6 heteroatoms. The van der Waals surface area contributed by atoms with Gasteiger partial charge in [-0.1, -0.05) is 18.3 Å². The normalized spacial score (nSPS) is 10.8. The molecule has 0 radical (unpaired) electrons. The van der Waals surface area contributed by atoms with Gasteiger partial charge in [-0.05, 0) is 19.0 Å². The molecular weight excluding hydrogens is 260 g/mol. The van der Waals surface area contributed by atoms with Crippen molar-refractivity contribution in [1.29, 1.82) is 0 Å². The van der Waals surface area contributed by atoms with Crippen molar-refractivity contribution in [2.45, 2.75) is 19.8 Å². The summed E-state index contributed by atoms with van der Waals surface area (Å²) >= 11 is 1.55. The molecule has 5 nitrogen and oxygen atoms in total. The number of rotatable bonds is 6. The van der Waals surface area contributed by atoms with Gasteiger partial charge in [0.05, 0.1) is 0 Å². The highest BCUT2D eigenvalue weighted by Gasteiger charge is 2.07. The Morgan fingerprint density at radius 2 is 2.21 bits per heavy atom. The minimum atomic E-state index is -0.0288. The Balaban J connectivity index is 2.03. The second-order valence-corrected chi connectivity index (χ2v) is 5.43. The van der Waals surface area contributed by atoms with Gasteiger partial charge < -0.3 is 9.88 Å². The smallest absolute Gasteiger partial charge is 0.250 e. The van der Waals surface area contributed by atoms with Gasteiger partial charge in [0.1, 0.15) is 10.0 Å². The first-order valence-electron chi connectivity index (χ1n) is 6.41. The van der Waals surface area contributed by atoms with Crippen LogP contribution in [0.5, 0.6) is 0 Å². The highest BCUT2D eigenvalue weighted by atomic mass is 32.1. The lowest BCUT2D eigenvalue weighted by Gasteiger charge is -1.99. The van der Waals surface area contributed by atoms with Gasteiger partial charge >= 0.3 is 0 Å². The lowest BCUT2D eigenvalue weighted by Crippen LogP contribution is -2.17. The first-order chi connectivity index (χ1) is 9.20. The van der Waals surface area contributed by atoms with E-state index in [2.05, 4.69) is 22.4 Å². The third-order valence-electron chi connectivity index (χ3n) is 2.76. The zero-order valence-electron chi connectivity index (χ0n) is 11.2. The molecule has 19 heavy (non-hydrogen) atoms. The van der Waals surface area contributed by atoms with E-state index in [0.717, 1.165) is 41.5 Å². The van der Waals surface area contributed by atoms with Crippen LogP contribution in [0.25, 0.3) is 10.6 Å². The molecule has 0 saturated heterocycles. The molecule has 0 atom stereocenters. The van der Waals surface area contributed by atoms with Crippen LogP contribution >= 0.6 is 11.3 Å². The minimum Gasteiger partial charge on any atom is -0.319 e. The third kappa shape index (κ3) is 3.71. The summed E-state index contributed by atoms with van der Waals surface area (Å²) in [5, 5.41) is 13.5. The van der Waals surface area contributed by atoms with Gasteiger partial charge in [0.25, 0.3) is 5.56 Å². The molecule has 0 fully saturated rings. The van der Waals surface area contributed by atoms with Gasteiger partial charge in [-0.2, -0.15) is 0 Å². The van der Waals surface area contributed by atoms with Gasteiger partial charge in [0.2, 0.25) is 0 Å². The maximum Gasteiger partial charge on any atom is 0.250 e. The van der Waals surface area contributed by atoms with E-state index in [-0.39, 0.29) is 5.56 Å². The van der Waals surface area contributed by atoms with Crippen molar-refractivity contribution < 1.29 is 0 Å². The van der Waals surface area contributed by atoms with Crippen LogP contribution < -0.4 is 10.9 Å². The molecule has 102 valence electrons. The Labute approximate surface area is 116 Å². The molecule has 0 aliphatic heterocycles. The fourth-order valence-corrected chi connectivity index (χ4v) is 2.49. The molecule has 2 aromatic rings. The van der Waals surface area contributed by atoms with Crippen molar-refractivity contribution in [1.82, 2.24) is 20.1 Å². The lowest BCUT2D eigenvalue weighted by atomic mass is 10.3. The number of nitrogens with one attached hydrogen (secondary N) is 1. The molecule has 0 unspecified atom stereocenters. The van der Waals surface area contributed by atoms with Crippen LogP contribution in [0.3, 0.4) is 0 Å². The fraction of sp³-hybridized carbons (Fsp3) is 0.462. The number of pyridine rings is 1. The summed E-state index contributed by atoms with van der Waals surface area (Å²) in [6.45, 7) is 4.09. The maximum absolute atomic E-state index is 11.6. The van der Waals surface area contributed by atoms with E-state index in [0.29, 0.717) is 0 Å². The highest BCUT2D eigenvalue weighted by Crippen LogP contribution is 2.21. The maximum atomic E-state index is 11.6. The molecule has 0 saturated carbocycles. The van der Waals surface area contributed by atoms with Crippen LogP contribution in [0.2, 0.25) is 0 Å². The molecule has 0 aliphatic carbocycles. The van der Waals surface area contributed by atoms with Crippen molar-refractivity contribution in [3.8, 4) is 10.6 Å². The summed E-state index contributed by atoms with van der Waals surface area (Å²) in [4.78, 5) is 11.6. The van der Waals surface area contributed by atoms with Gasteiger partial charge in [-0.3, -0.25) is 4.79 Å². The zero-order chi connectivity index (χ0) is 13.7. The molecule has 2 aromatic heterocycles. The van der Waals surface area contributed by atoms with Crippen LogP contribution in [-0.4, -0.2) is 27.9 Å². The van der Waals surface area contributed by atoms with E-state index in [4.69, 9.17) is 0 Å². The predicted octanol–water partition coefficient (Wildman–Crippen LogP) is 1.45. The van der Waals surface area contributed by atoms with Gasteiger partial charge in [-0.25, -0.2) is 0 Å². The molecule has 1 N–H and O–H groups in total. The van der Waals surface area contributed by atoms with Crippen LogP contribution in [0, 0.1) is 0 Å².